The highest BCUT2D eigenvalue weighted by Gasteiger charge is 2.32. The van der Waals surface area contributed by atoms with Gasteiger partial charge >= 0.3 is 0 Å². The van der Waals surface area contributed by atoms with Crippen molar-refractivity contribution >= 4 is 73.0 Å². The van der Waals surface area contributed by atoms with Gasteiger partial charge in [0.1, 0.15) is 10.9 Å². The Balaban J connectivity index is 1.64. The summed E-state index contributed by atoms with van der Waals surface area (Å²) in [6.45, 7) is 3.46. The number of halogens is 1. The maximum Gasteiger partial charge on any atom is 0.266 e. The maximum absolute atomic E-state index is 12.8. The molecule has 1 aromatic carbocycles. The number of fused-ring (bicyclic) bond motifs is 1. The molecular weight excluding hydrogens is 502 g/mol. The molecule has 164 valence electrons. The summed E-state index contributed by atoms with van der Waals surface area (Å²) in [7, 11) is 1.60. The number of rotatable bonds is 6. The number of hydrogen-bond acceptors (Lipinski definition) is 6. The first-order valence-corrected chi connectivity index (χ1v) is 11.9. The molecule has 2 saturated heterocycles. The number of carbonyl (C=O) groups is 2. The number of amides is 2. The fourth-order valence-electron chi connectivity index (χ4n) is 3.62. The third kappa shape index (κ3) is 4.88. The SMILES string of the molecule is COCCN1C(=O)/C(=C/c2cn(CC(=O)N3CCOCC3)c3ccc(Br)cc23)SC1=S. The third-order valence-electron chi connectivity index (χ3n) is 5.22. The monoisotopic (exact) mass is 523 g/mol. The largest absolute Gasteiger partial charge is 0.383 e. The van der Waals surface area contributed by atoms with Crippen LogP contribution in [0.15, 0.2) is 33.8 Å². The molecule has 4 rings (SSSR count). The number of thioether (sulfide) groups is 1. The van der Waals surface area contributed by atoms with Crippen LogP contribution in [0.1, 0.15) is 5.56 Å². The van der Waals surface area contributed by atoms with Gasteiger partial charge in [-0.05, 0) is 24.3 Å². The molecule has 0 atom stereocenters. The number of ether oxygens (including phenoxy) is 2. The van der Waals surface area contributed by atoms with Crippen molar-refractivity contribution in [3.63, 3.8) is 0 Å². The van der Waals surface area contributed by atoms with E-state index in [2.05, 4.69) is 15.9 Å². The van der Waals surface area contributed by atoms with Crippen molar-refractivity contribution in [2.24, 2.45) is 0 Å². The van der Waals surface area contributed by atoms with Crippen LogP contribution in [0.5, 0.6) is 0 Å². The molecule has 2 aromatic rings. The minimum absolute atomic E-state index is 0.0561. The molecule has 3 heterocycles. The summed E-state index contributed by atoms with van der Waals surface area (Å²) in [5.41, 5.74) is 1.81. The van der Waals surface area contributed by atoms with E-state index in [-0.39, 0.29) is 18.4 Å². The number of nitrogens with zero attached hydrogens (tertiary/aromatic N) is 3. The molecular formula is C21H22BrN3O4S2. The van der Waals surface area contributed by atoms with Gasteiger partial charge in [0.05, 0.1) is 31.3 Å². The number of carbonyl (C=O) groups excluding carboxylic acids is 2. The summed E-state index contributed by atoms with van der Waals surface area (Å²) < 4.78 is 13.8. The number of methoxy groups -OCH3 is 1. The number of benzene rings is 1. The molecule has 1 aromatic heterocycles. The molecule has 0 saturated carbocycles. The molecule has 0 N–H and O–H groups in total. The van der Waals surface area contributed by atoms with Gasteiger partial charge in [0.15, 0.2) is 0 Å². The Bertz CT molecular complexity index is 1060. The summed E-state index contributed by atoms with van der Waals surface area (Å²) in [5.74, 6) is -0.0621. The van der Waals surface area contributed by atoms with Crippen molar-refractivity contribution in [2.45, 2.75) is 6.54 Å². The second kappa shape index (κ2) is 9.83. The Morgan fingerprint density at radius 3 is 2.87 bits per heavy atom. The number of morpholine rings is 1. The number of aromatic nitrogens is 1. The van der Waals surface area contributed by atoms with Crippen molar-refractivity contribution in [2.75, 3.05) is 46.6 Å². The first-order chi connectivity index (χ1) is 15.0. The summed E-state index contributed by atoms with van der Waals surface area (Å²) in [4.78, 5) is 29.6. The predicted octanol–water partition coefficient (Wildman–Crippen LogP) is 3.11. The quantitative estimate of drug-likeness (QED) is 0.428. The highest BCUT2D eigenvalue weighted by Crippen LogP contribution is 2.35. The smallest absolute Gasteiger partial charge is 0.266 e. The van der Waals surface area contributed by atoms with Gasteiger partial charge < -0.3 is 18.9 Å². The van der Waals surface area contributed by atoms with Crippen LogP contribution in [0.3, 0.4) is 0 Å². The zero-order valence-electron chi connectivity index (χ0n) is 17.0. The van der Waals surface area contributed by atoms with E-state index < -0.39 is 0 Å². The van der Waals surface area contributed by atoms with Gasteiger partial charge in [-0.2, -0.15) is 0 Å². The zero-order valence-corrected chi connectivity index (χ0v) is 20.2. The highest BCUT2D eigenvalue weighted by atomic mass is 79.9. The number of hydrogen-bond donors (Lipinski definition) is 0. The van der Waals surface area contributed by atoms with E-state index in [0.29, 0.717) is 48.7 Å². The fraction of sp³-hybridized carbons (Fsp3) is 0.381. The topological polar surface area (TPSA) is 64.0 Å². The minimum Gasteiger partial charge on any atom is -0.383 e. The Kier molecular flexibility index (Phi) is 7.12. The normalized spacial score (nSPS) is 18.6. The van der Waals surface area contributed by atoms with Gasteiger partial charge in [-0.25, -0.2) is 0 Å². The van der Waals surface area contributed by atoms with Gasteiger partial charge in [-0.3, -0.25) is 14.5 Å². The first-order valence-electron chi connectivity index (χ1n) is 9.86. The Hall–Kier alpha value is -1.72. The lowest BCUT2D eigenvalue weighted by Gasteiger charge is -2.27. The van der Waals surface area contributed by atoms with E-state index in [1.165, 1.54) is 11.8 Å². The maximum atomic E-state index is 12.8. The highest BCUT2D eigenvalue weighted by molar-refractivity contribution is 9.10. The molecule has 0 bridgehead atoms. The van der Waals surface area contributed by atoms with E-state index in [4.69, 9.17) is 21.7 Å². The van der Waals surface area contributed by atoms with Crippen molar-refractivity contribution in [1.29, 1.82) is 0 Å². The third-order valence-corrected chi connectivity index (χ3v) is 7.09. The van der Waals surface area contributed by atoms with Crippen LogP contribution in [0.2, 0.25) is 0 Å². The Labute approximate surface area is 198 Å². The van der Waals surface area contributed by atoms with E-state index in [1.807, 2.05) is 39.9 Å². The molecule has 31 heavy (non-hydrogen) atoms. The molecule has 0 spiro atoms. The van der Waals surface area contributed by atoms with Gasteiger partial charge in [0.25, 0.3) is 5.91 Å². The van der Waals surface area contributed by atoms with E-state index in [9.17, 15) is 9.59 Å². The standard InChI is InChI=1S/C21H22BrN3O4S2/c1-28-7-6-25-20(27)18(31-21(25)30)10-14-12-24(17-3-2-15(22)11-16(14)17)13-19(26)23-4-8-29-9-5-23/h2-3,10-12H,4-9,13H2,1H3/b18-10-. The van der Waals surface area contributed by atoms with E-state index in [0.717, 1.165) is 20.9 Å². The second-order valence-corrected chi connectivity index (χ2v) is 9.78. The van der Waals surface area contributed by atoms with Crippen LogP contribution in [-0.4, -0.2) is 77.1 Å². The van der Waals surface area contributed by atoms with Crippen LogP contribution in [0, 0.1) is 0 Å². The lowest BCUT2D eigenvalue weighted by atomic mass is 10.1. The molecule has 2 amide bonds. The Morgan fingerprint density at radius 1 is 1.35 bits per heavy atom. The lowest BCUT2D eigenvalue weighted by Crippen LogP contribution is -2.42. The summed E-state index contributed by atoms with van der Waals surface area (Å²) in [6, 6.07) is 5.93. The minimum atomic E-state index is -0.118. The van der Waals surface area contributed by atoms with Crippen LogP contribution >= 0.6 is 39.9 Å². The molecule has 7 nitrogen and oxygen atoms in total. The van der Waals surface area contributed by atoms with Crippen molar-refractivity contribution in [3.8, 4) is 0 Å². The van der Waals surface area contributed by atoms with Crippen molar-refractivity contribution in [3.05, 3.63) is 39.3 Å². The fourth-order valence-corrected chi connectivity index (χ4v) is 5.28. The lowest BCUT2D eigenvalue weighted by molar-refractivity contribution is -0.135. The van der Waals surface area contributed by atoms with Crippen LogP contribution < -0.4 is 0 Å². The molecule has 0 unspecified atom stereocenters. The molecule has 10 heteroatoms. The second-order valence-electron chi connectivity index (χ2n) is 7.19. The number of thiocarbonyl (C=S) groups is 1. The zero-order chi connectivity index (χ0) is 22.0. The van der Waals surface area contributed by atoms with Gasteiger partial charge in [0.2, 0.25) is 5.91 Å². The Morgan fingerprint density at radius 2 is 2.13 bits per heavy atom. The van der Waals surface area contributed by atoms with Crippen LogP contribution in [0.25, 0.3) is 17.0 Å². The predicted molar refractivity (Wildman–Crippen MR) is 129 cm³/mol. The molecule has 2 aliphatic rings. The van der Waals surface area contributed by atoms with Crippen LogP contribution in [-0.2, 0) is 25.6 Å². The van der Waals surface area contributed by atoms with E-state index >= 15 is 0 Å². The molecule has 2 aliphatic heterocycles. The van der Waals surface area contributed by atoms with Gasteiger partial charge in [-0.15, -0.1) is 0 Å². The summed E-state index contributed by atoms with van der Waals surface area (Å²) in [5, 5.41) is 0.964. The first kappa shape index (κ1) is 22.5. The molecule has 0 aliphatic carbocycles. The van der Waals surface area contributed by atoms with E-state index in [1.54, 1.807) is 12.0 Å². The van der Waals surface area contributed by atoms with Crippen molar-refractivity contribution in [1.82, 2.24) is 14.4 Å². The van der Waals surface area contributed by atoms with Crippen LogP contribution in [0.4, 0.5) is 0 Å². The summed E-state index contributed by atoms with van der Waals surface area (Å²) >= 11 is 10.2. The molecule has 0 radical (unpaired) electrons. The molecule has 2 fully saturated rings. The van der Waals surface area contributed by atoms with Gasteiger partial charge in [-0.1, -0.05) is 39.9 Å². The average molecular weight is 524 g/mol. The summed E-state index contributed by atoms with van der Waals surface area (Å²) in [6.07, 6.45) is 3.79. The average Bonchev–Trinajstić information content (AvgIpc) is 3.23. The van der Waals surface area contributed by atoms with Gasteiger partial charge in [0, 0.05) is 47.3 Å². The van der Waals surface area contributed by atoms with Crippen molar-refractivity contribution < 1.29 is 19.1 Å².